The Hall–Kier alpha value is -0.511. The quantitative estimate of drug-likeness (QED) is 0.729. The number of aromatic nitrogens is 2. The van der Waals surface area contributed by atoms with E-state index in [0.717, 1.165) is 5.65 Å². The number of imidazole rings is 1. The van der Waals surface area contributed by atoms with Crippen LogP contribution in [0, 0.1) is 0 Å². The zero-order chi connectivity index (χ0) is 9.47. The first-order valence-electron chi connectivity index (χ1n) is 4.51. The molecule has 13 heavy (non-hydrogen) atoms. The Morgan fingerprint density at radius 1 is 1.23 bits per heavy atom. The van der Waals surface area contributed by atoms with E-state index in [-0.39, 0.29) is 0 Å². The van der Waals surface area contributed by atoms with Crippen molar-refractivity contribution in [1.29, 1.82) is 0 Å². The third-order valence-corrected chi connectivity index (χ3v) is 7.95. The average molecular weight is 281 g/mol. The monoisotopic (exact) mass is 282 g/mol. The molecule has 2 aromatic heterocycles. The van der Waals surface area contributed by atoms with Gasteiger partial charge in [-0.3, -0.25) is 0 Å². The van der Waals surface area contributed by atoms with Crippen molar-refractivity contribution in [3.05, 3.63) is 30.7 Å². The topological polar surface area (TPSA) is 17.3 Å². The molecule has 0 aliphatic carbocycles. The first kappa shape index (κ1) is 9.06. The Labute approximate surface area is 82.5 Å². The van der Waals surface area contributed by atoms with Crippen molar-refractivity contribution in [1.82, 2.24) is 9.38 Å². The van der Waals surface area contributed by atoms with Crippen molar-refractivity contribution in [2.24, 2.45) is 0 Å². The van der Waals surface area contributed by atoms with Gasteiger partial charge in [0.1, 0.15) is 0 Å². The minimum absolute atomic E-state index is 1.16. The van der Waals surface area contributed by atoms with Gasteiger partial charge in [0.25, 0.3) is 0 Å². The molecule has 0 radical (unpaired) electrons. The molecule has 3 heteroatoms. The minimum atomic E-state index is -1.96. The molecule has 0 N–H and O–H groups in total. The van der Waals surface area contributed by atoms with Gasteiger partial charge in [0.2, 0.25) is 0 Å². The van der Waals surface area contributed by atoms with Crippen molar-refractivity contribution in [3.8, 4) is 0 Å². The molecule has 68 valence electrons. The molecule has 2 heterocycles. The summed E-state index contributed by atoms with van der Waals surface area (Å²) in [5.41, 5.74) is 1.16. The van der Waals surface area contributed by atoms with E-state index in [9.17, 15) is 0 Å². The van der Waals surface area contributed by atoms with Gasteiger partial charge in [0, 0.05) is 0 Å². The molecular weight excluding hydrogens is 267 g/mol. The summed E-state index contributed by atoms with van der Waals surface area (Å²) < 4.78 is 3.61. The van der Waals surface area contributed by atoms with Crippen LogP contribution in [0.2, 0.25) is 14.8 Å². The first-order valence-corrected chi connectivity index (χ1v) is 14.5. The zero-order valence-corrected chi connectivity index (χ0v) is 11.1. The first-order chi connectivity index (χ1) is 6.09. The van der Waals surface area contributed by atoms with Crippen LogP contribution in [0.4, 0.5) is 0 Å². The summed E-state index contributed by atoms with van der Waals surface area (Å²) >= 11 is -1.96. The molecule has 2 nitrogen and oxygen atoms in total. The van der Waals surface area contributed by atoms with Gasteiger partial charge in [-0.2, -0.15) is 0 Å². The Kier molecular flexibility index (Phi) is 2.10. The van der Waals surface area contributed by atoms with E-state index in [1.165, 1.54) is 3.58 Å². The van der Waals surface area contributed by atoms with Gasteiger partial charge in [0.05, 0.1) is 0 Å². The molecule has 0 aromatic carbocycles. The van der Waals surface area contributed by atoms with E-state index >= 15 is 0 Å². The summed E-state index contributed by atoms with van der Waals surface area (Å²) in [6.07, 6.45) is 5.94. The number of hydrogen-bond acceptors (Lipinski definition) is 1. The van der Waals surface area contributed by atoms with Gasteiger partial charge in [-0.15, -0.1) is 0 Å². The van der Waals surface area contributed by atoms with Crippen LogP contribution in [0.1, 0.15) is 0 Å². The van der Waals surface area contributed by atoms with Crippen LogP contribution < -0.4 is 3.58 Å². The van der Waals surface area contributed by atoms with E-state index < -0.39 is 18.4 Å². The SMILES string of the molecule is [CH3][Sn]([CH3])([CH3])[c]1cccn2ccnc12. The predicted molar refractivity (Wildman–Crippen MR) is 58.2 cm³/mol. The maximum atomic E-state index is 4.40. The van der Waals surface area contributed by atoms with Crippen LogP contribution in [-0.2, 0) is 0 Å². The average Bonchev–Trinajstić information content (AvgIpc) is 2.48. The molecule has 0 atom stereocenters. The molecular formula is C10H14N2Sn. The van der Waals surface area contributed by atoms with Crippen molar-refractivity contribution in [3.63, 3.8) is 0 Å². The van der Waals surface area contributed by atoms with Crippen LogP contribution in [0.25, 0.3) is 5.65 Å². The van der Waals surface area contributed by atoms with E-state index in [0.29, 0.717) is 0 Å². The van der Waals surface area contributed by atoms with Gasteiger partial charge in [-0.05, 0) is 0 Å². The van der Waals surface area contributed by atoms with E-state index in [2.05, 4.69) is 42.5 Å². The molecule has 0 saturated carbocycles. The molecule has 2 aromatic rings. The number of pyridine rings is 1. The fourth-order valence-electron chi connectivity index (χ4n) is 1.53. The predicted octanol–water partition coefficient (Wildman–Crippen LogP) is 1.88. The standard InChI is InChI=1S/C7H5N2.3CH3.Sn/c1-2-5-9-6-4-8-7(9)3-1;;;;/h1-2,4-6H;3*1H3;. The third kappa shape index (κ3) is 1.59. The summed E-state index contributed by atoms with van der Waals surface area (Å²) in [4.78, 5) is 11.6. The van der Waals surface area contributed by atoms with Crippen molar-refractivity contribution >= 4 is 27.6 Å². The van der Waals surface area contributed by atoms with E-state index in [1.54, 1.807) is 0 Å². The van der Waals surface area contributed by atoms with Gasteiger partial charge in [0.15, 0.2) is 0 Å². The van der Waals surface area contributed by atoms with Gasteiger partial charge >= 0.3 is 82.5 Å². The molecule has 0 aliphatic heterocycles. The summed E-state index contributed by atoms with van der Waals surface area (Å²) in [5.74, 6) is 0. The fourth-order valence-corrected chi connectivity index (χ4v) is 5.70. The summed E-state index contributed by atoms with van der Waals surface area (Å²) in [5, 5.41) is 0. The zero-order valence-electron chi connectivity index (χ0n) is 8.28. The summed E-state index contributed by atoms with van der Waals surface area (Å²) in [6.45, 7) is 0. The summed E-state index contributed by atoms with van der Waals surface area (Å²) in [7, 11) is 0. The number of hydrogen-bond donors (Lipinski definition) is 0. The molecule has 0 spiro atoms. The van der Waals surface area contributed by atoms with E-state index in [1.807, 2.05) is 12.4 Å². The Morgan fingerprint density at radius 2 is 2.00 bits per heavy atom. The van der Waals surface area contributed by atoms with E-state index in [4.69, 9.17) is 0 Å². The van der Waals surface area contributed by atoms with Gasteiger partial charge < -0.3 is 0 Å². The van der Waals surface area contributed by atoms with Gasteiger partial charge in [-0.1, -0.05) is 0 Å². The van der Waals surface area contributed by atoms with Crippen molar-refractivity contribution in [2.75, 3.05) is 0 Å². The van der Waals surface area contributed by atoms with Crippen LogP contribution in [0.3, 0.4) is 0 Å². The fraction of sp³-hybridized carbons (Fsp3) is 0.300. The second-order valence-corrected chi connectivity index (χ2v) is 18.7. The molecule has 0 amide bonds. The number of fused-ring (bicyclic) bond motifs is 1. The molecule has 0 fully saturated rings. The van der Waals surface area contributed by atoms with Crippen LogP contribution >= 0.6 is 0 Å². The Bertz CT molecular complexity index is 426. The Morgan fingerprint density at radius 3 is 2.69 bits per heavy atom. The van der Waals surface area contributed by atoms with Crippen LogP contribution in [0.15, 0.2) is 30.7 Å². The normalized spacial score (nSPS) is 12.2. The maximum absolute atomic E-state index is 4.40. The van der Waals surface area contributed by atoms with Crippen LogP contribution in [-0.4, -0.2) is 27.8 Å². The molecule has 0 unspecified atom stereocenters. The number of nitrogens with zero attached hydrogens (tertiary/aromatic N) is 2. The van der Waals surface area contributed by atoms with Gasteiger partial charge in [-0.25, -0.2) is 0 Å². The van der Waals surface area contributed by atoms with Crippen molar-refractivity contribution in [2.45, 2.75) is 14.8 Å². The Balaban J connectivity index is 2.75. The van der Waals surface area contributed by atoms with Crippen molar-refractivity contribution < 1.29 is 0 Å². The molecule has 0 bridgehead atoms. The molecule has 2 rings (SSSR count). The second kappa shape index (κ2) is 3.01. The molecule has 0 aliphatic rings. The summed E-state index contributed by atoms with van der Waals surface area (Å²) in [6, 6.07) is 4.35. The van der Waals surface area contributed by atoms with Crippen LogP contribution in [0.5, 0.6) is 0 Å². The second-order valence-electron chi connectivity index (χ2n) is 4.33. The third-order valence-electron chi connectivity index (χ3n) is 2.23. The number of rotatable bonds is 1. The molecule has 0 saturated heterocycles.